The molecule has 0 bridgehead atoms. The first-order valence-corrected chi connectivity index (χ1v) is 5.64. The highest BCUT2D eigenvalue weighted by Crippen LogP contribution is 2.28. The van der Waals surface area contributed by atoms with Gasteiger partial charge in [0.2, 0.25) is 0 Å². The van der Waals surface area contributed by atoms with Gasteiger partial charge in [0.25, 0.3) is 0 Å². The lowest BCUT2D eigenvalue weighted by molar-refractivity contribution is 0.446. The van der Waals surface area contributed by atoms with E-state index in [1.54, 1.807) is 0 Å². The van der Waals surface area contributed by atoms with Gasteiger partial charge in [-0.3, -0.25) is 0 Å². The van der Waals surface area contributed by atoms with Gasteiger partial charge in [-0.25, -0.2) is 0 Å². The third-order valence-electron chi connectivity index (χ3n) is 2.82. The average Bonchev–Trinajstić information content (AvgIpc) is 2.13. The molecule has 1 saturated heterocycles. The second-order valence-electron chi connectivity index (χ2n) is 4.26. The highest BCUT2D eigenvalue weighted by molar-refractivity contribution is 6.17. The first-order valence-electron chi connectivity index (χ1n) is 5.11. The van der Waals surface area contributed by atoms with Crippen LogP contribution in [0.5, 0.6) is 0 Å². The Bertz CT molecular complexity index is 329. The van der Waals surface area contributed by atoms with Crippen molar-refractivity contribution in [2.45, 2.75) is 19.7 Å². The van der Waals surface area contributed by atoms with Crippen molar-refractivity contribution in [2.75, 3.05) is 18.0 Å². The minimum absolute atomic E-state index is 0.609. The highest BCUT2D eigenvalue weighted by Gasteiger charge is 2.23. The van der Waals surface area contributed by atoms with Gasteiger partial charge in [0, 0.05) is 24.7 Å². The number of rotatable bonds is 2. The van der Waals surface area contributed by atoms with Crippen LogP contribution in [0.3, 0.4) is 0 Å². The molecule has 0 aromatic heterocycles. The zero-order chi connectivity index (χ0) is 10.1. The van der Waals surface area contributed by atoms with Crippen molar-refractivity contribution in [3.8, 4) is 0 Å². The minimum atomic E-state index is 0.609. The fraction of sp³-hybridized carbons (Fsp3) is 0.500. The Balaban J connectivity index is 2.18. The molecule has 1 nitrogen and oxygen atoms in total. The van der Waals surface area contributed by atoms with Crippen molar-refractivity contribution in [2.24, 2.45) is 5.92 Å². The van der Waals surface area contributed by atoms with Crippen molar-refractivity contribution in [1.29, 1.82) is 0 Å². The molecule has 14 heavy (non-hydrogen) atoms. The third-order valence-corrected chi connectivity index (χ3v) is 3.13. The fourth-order valence-electron chi connectivity index (χ4n) is 2.05. The molecule has 1 heterocycles. The SMILES string of the molecule is Cc1cc(CCl)ccc1N1CC(C)C1. The molecule has 0 unspecified atom stereocenters. The molecule has 1 fully saturated rings. The number of alkyl halides is 1. The van der Waals surface area contributed by atoms with Gasteiger partial charge >= 0.3 is 0 Å². The lowest BCUT2D eigenvalue weighted by Gasteiger charge is -2.40. The molecule has 1 aliphatic heterocycles. The molecular formula is C12H16ClN. The molecule has 2 heteroatoms. The Morgan fingerprint density at radius 3 is 2.64 bits per heavy atom. The Kier molecular flexibility index (Phi) is 2.69. The van der Waals surface area contributed by atoms with Gasteiger partial charge in [0.05, 0.1) is 0 Å². The summed E-state index contributed by atoms with van der Waals surface area (Å²) in [4.78, 5) is 2.43. The van der Waals surface area contributed by atoms with Crippen LogP contribution in [0.4, 0.5) is 5.69 Å². The van der Waals surface area contributed by atoms with Crippen molar-refractivity contribution in [3.63, 3.8) is 0 Å². The van der Waals surface area contributed by atoms with Gasteiger partial charge in [-0.2, -0.15) is 0 Å². The van der Waals surface area contributed by atoms with Gasteiger partial charge in [0.15, 0.2) is 0 Å². The van der Waals surface area contributed by atoms with E-state index in [-0.39, 0.29) is 0 Å². The predicted octanol–water partition coefficient (Wildman–Crippen LogP) is 3.19. The summed E-state index contributed by atoms with van der Waals surface area (Å²) in [7, 11) is 0. The molecule has 1 aliphatic rings. The lowest BCUT2D eigenvalue weighted by Crippen LogP contribution is -2.45. The van der Waals surface area contributed by atoms with Gasteiger partial charge in [-0.1, -0.05) is 19.1 Å². The molecule has 76 valence electrons. The quantitative estimate of drug-likeness (QED) is 0.677. The maximum absolute atomic E-state index is 5.79. The Hall–Kier alpha value is -0.690. The molecule has 0 saturated carbocycles. The van der Waals surface area contributed by atoms with E-state index in [0.29, 0.717) is 5.88 Å². The summed E-state index contributed by atoms with van der Waals surface area (Å²) in [6, 6.07) is 6.50. The van der Waals surface area contributed by atoms with E-state index in [2.05, 4.69) is 36.9 Å². The first kappa shape index (κ1) is 9.85. The summed E-state index contributed by atoms with van der Waals surface area (Å²) in [5, 5.41) is 0. The number of aryl methyl sites for hydroxylation is 1. The van der Waals surface area contributed by atoms with E-state index < -0.39 is 0 Å². The van der Waals surface area contributed by atoms with Crippen LogP contribution in [0.1, 0.15) is 18.1 Å². The number of nitrogens with zero attached hydrogens (tertiary/aromatic N) is 1. The standard InChI is InChI=1S/C12H16ClN/c1-9-7-14(8-9)12-4-3-11(6-13)5-10(12)2/h3-5,9H,6-8H2,1-2H3. The van der Waals surface area contributed by atoms with Crippen molar-refractivity contribution < 1.29 is 0 Å². The second-order valence-corrected chi connectivity index (χ2v) is 4.53. The van der Waals surface area contributed by atoms with Crippen LogP contribution in [0.2, 0.25) is 0 Å². The van der Waals surface area contributed by atoms with E-state index in [1.165, 1.54) is 29.9 Å². The maximum atomic E-state index is 5.79. The van der Waals surface area contributed by atoms with Crippen LogP contribution >= 0.6 is 11.6 Å². The van der Waals surface area contributed by atoms with Gasteiger partial charge in [0.1, 0.15) is 0 Å². The Morgan fingerprint density at radius 2 is 2.14 bits per heavy atom. The number of hydrogen-bond donors (Lipinski definition) is 0. The van der Waals surface area contributed by atoms with E-state index >= 15 is 0 Å². The minimum Gasteiger partial charge on any atom is -0.371 e. The Morgan fingerprint density at radius 1 is 1.43 bits per heavy atom. The molecule has 0 atom stereocenters. The number of halogens is 1. The third kappa shape index (κ3) is 1.74. The van der Waals surface area contributed by atoms with Crippen molar-refractivity contribution in [1.82, 2.24) is 0 Å². The topological polar surface area (TPSA) is 3.24 Å². The zero-order valence-corrected chi connectivity index (χ0v) is 9.51. The van der Waals surface area contributed by atoms with Gasteiger partial charge < -0.3 is 4.90 Å². The molecule has 0 aliphatic carbocycles. The molecular weight excluding hydrogens is 194 g/mol. The van der Waals surface area contributed by atoms with Gasteiger partial charge in [-0.05, 0) is 30.0 Å². The van der Waals surface area contributed by atoms with Crippen LogP contribution in [0.25, 0.3) is 0 Å². The van der Waals surface area contributed by atoms with Gasteiger partial charge in [-0.15, -0.1) is 11.6 Å². The number of anilines is 1. The first-order chi connectivity index (χ1) is 6.70. The lowest BCUT2D eigenvalue weighted by atomic mass is 9.99. The molecule has 2 rings (SSSR count). The van der Waals surface area contributed by atoms with Crippen molar-refractivity contribution in [3.05, 3.63) is 29.3 Å². The van der Waals surface area contributed by atoms with Crippen LogP contribution in [-0.4, -0.2) is 13.1 Å². The summed E-state index contributed by atoms with van der Waals surface area (Å²) < 4.78 is 0. The normalized spacial score (nSPS) is 16.9. The molecule has 0 amide bonds. The van der Waals surface area contributed by atoms with Crippen LogP contribution < -0.4 is 4.90 Å². The largest absolute Gasteiger partial charge is 0.371 e. The Labute approximate surface area is 90.7 Å². The van der Waals surface area contributed by atoms with E-state index in [0.717, 1.165) is 5.92 Å². The molecule has 0 spiro atoms. The van der Waals surface area contributed by atoms with E-state index in [1.807, 2.05) is 0 Å². The highest BCUT2D eigenvalue weighted by atomic mass is 35.5. The molecule has 1 aromatic carbocycles. The molecule has 1 aromatic rings. The summed E-state index contributed by atoms with van der Waals surface area (Å²) in [5.74, 6) is 1.46. The second kappa shape index (κ2) is 3.82. The smallest absolute Gasteiger partial charge is 0.0474 e. The van der Waals surface area contributed by atoms with E-state index in [9.17, 15) is 0 Å². The predicted molar refractivity (Wildman–Crippen MR) is 62.1 cm³/mol. The zero-order valence-electron chi connectivity index (χ0n) is 8.76. The maximum Gasteiger partial charge on any atom is 0.0474 e. The van der Waals surface area contributed by atoms with Crippen LogP contribution in [0, 0.1) is 12.8 Å². The number of benzene rings is 1. The average molecular weight is 210 g/mol. The monoisotopic (exact) mass is 209 g/mol. The van der Waals surface area contributed by atoms with Crippen LogP contribution in [-0.2, 0) is 5.88 Å². The summed E-state index contributed by atoms with van der Waals surface area (Å²) in [6.07, 6.45) is 0. The van der Waals surface area contributed by atoms with Crippen LogP contribution in [0.15, 0.2) is 18.2 Å². The summed E-state index contributed by atoms with van der Waals surface area (Å²) in [5.41, 5.74) is 3.92. The van der Waals surface area contributed by atoms with Crippen molar-refractivity contribution >= 4 is 17.3 Å². The molecule has 0 radical (unpaired) electrons. The van der Waals surface area contributed by atoms with E-state index in [4.69, 9.17) is 11.6 Å². The molecule has 0 N–H and O–H groups in total. The fourth-order valence-corrected chi connectivity index (χ4v) is 2.22. The number of hydrogen-bond acceptors (Lipinski definition) is 1. The summed E-state index contributed by atoms with van der Waals surface area (Å²) >= 11 is 5.79. The summed E-state index contributed by atoms with van der Waals surface area (Å²) in [6.45, 7) is 6.84.